The number of hydrogen-bond donors (Lipinski definition) is 0. The fourth-order valence-corrected chi connectivity index (χ4v) is 5.45. The number of benzene rings is 3. The molecule has 5 rings (SSSR count). The number of ketones is 1. The third-order valence-corrected chi connectivity index (χ3v) is 7.18. The fraction of sp³-hybridized carbons (Fsp3) is 0.241. The second-order valence-electron chi connectivity index (χ2n) is 9.63. The lowest BCUT2D eigenvalue weighted by atomic mass is 9.72. The maximum Gasteiger partial charge on any atom is 0.269 e. The average molecular weight is 529 g/mol. The van der Waals surface area contributed by atoms with Gasteiger partial charge in [0.2, 0.25) is 5.91 Å². The minimum Gasteiger partial charge on any atom is -0.550 e. The zero-order valence-electron chi connectivity index (χ0n) is 20.7. The third kappa shape index (κ3) is 5.18. The Kier molecular flexibility index (Phi) is 7.02. The summed E-state index contributed by atoms with van der Waals surface area (Å²) in [5.41, 5.74) is 2.38. The smallest absolute Gasteiger partial charge is 0.269 e. The van der Waals surface area contributed by atoms with Gasteiger partial charge < -0.3 is 14.8 Å². The van der Waals surface area contributed by atoms with Gasteiger partial charge >= 0.3 is 0 Å². The van der Waals surface area contributed by atoms with Gasteiger partial charge in [-0.05, 0) is 54.2 Å². The molecule has 1 amide bonds. The van der Waals surface area contributed by atoms with Crippen LogP contribution in [0.1, 0.15) is 48.8 Å². The number of Topliss-reactive ketones (excluding diaryl/α,β-unsaturated/α-hetero) is 1. The van der Waals surface area contributed by atoms with E-state index in [1.807, 2.05) is 0 Å². The first kappa shape index (κ1) is 25.9. The number of carbonyl (C=O) groups is 3. The van der Waals surface area contributed by atoms with E-state index in [4.69, 9.17) is 4.99 Å². The fourth-order valence-electron chi connectivity index (χ4n) is 5.45. The van der Waals surface area contributed by atoms with Gasteiger partial charge in [-0.25, -0.2) is 4.39 Å². The molecule has 0 saturated heterocycles. The van der Waals surface area contributed by atoms with Gasteiger partial charge in [-0.1, -0.05) is 36.4 Å². The van der Waals surface area contributed by atoms with Gasteiger partial charge in [-0.2, -0.15) is 0 Å². The topological polar surface area (TPSA) is 133 Å². The number of anilines is 1. The molecule has 39 heavy (non-hydrogen) atoms. The highest BCUT2D eigenvalue weighted by molar-refractivity contribution is 6.13. The Labute approximate surface area is 222 Å². The van der Waals surface area contributed by atoms with Gasteiger partial charge in [-0.15, -0.1) is 0 Å². The van der Waals surface area contributed by atoms with Crippen molar-refractivity contribution in [3.63, 3.8) is 0 Å². The SMILES string of the molecule is O=C([O-])CCC(=O)N1c2ccccc2N=C2C[C@@H](c3cccc([N+](=O)[O-])c3)CC(=O)C2[C@H]1c1ccc(F)cc1. The van der Waals surface area contributed by atoms with E-state index in [2.05, 4.69) is 0 Å². The Morgan fingerprint density at radius 1 is 0.974 bits per heavy atom. The zero-order chi connectivity index (χ0) is 27.7. The van der Waals surface area contributed by atoms with Crippen molar-refractivity contribution in [2.75, 3.05) is 4.90 Å². The Hall–Kier alpha value is -4.73. The maximum absolute atomic E-state index is 13.9. The number of carboxylic acids is 1. The number of carbonyl (C=O) groups excluding carboxylic acids is 3. The number of para-hydroxylation sites is 2. The summed E-state index contributed by atoms with van der Waals surface area (Å²) in [4.78, 5) is 55.7. The molecule has 9 nitrogen and oxygen atoms in total. The monoisotopic (exact) mass is 528 g/mol. The molecule has 1 fully saturated rings. The van der Waals surface area contributed by atoms with E-state index < -0.39 is 41.0 Å². The van der Waals surface area contributed by atoms with Crippen molar-refractivity contribution in [2.45, 2.75) is 37.6 Å². The number of amides is 1. The second kappa shape index (κ2) is 10.6. The Morgan fingerprint density at radius 3 is 2.44 bits per heavy atom. The molecular formula is C29H23FN3O6-. The summed E-state index contributed by atoms with van der Waals surface area (Å²) in [5, 5.41) is 22.5. The van der Waals surface area contributed by atoms with E-state index in [1.54, 1.807) is 36.4 Å². The Balaban J connectivity index is 1.64. The summed E-state index contributed by atoms with van der Waals surface area (Å²) in [6, 6.07) is 17.6. The number of non-ortho nitro benzene ring substituents is 1. The number of nitro groups is 1. The lowest BCUT2D eigenvalue weighted by Crippen LogP contribution is -2.45. The summed E-state index contributed by atoms with van der Waals surface area (Å²) < 4.78 is 13.9. The van der Waals surface area contributed by atoms with Crippen molar-refractivity contribution < 1.29 is 28.8 Å². The summed E-state index contributed by atoms with van der Waals surface area (Å²) >= 11 is 0. The number of aliphatic imine (C=N–C) groups is 1. The van der Waals surface area contributed by atoms with E-state index in [1.165, 1.54) is 41.3 Å². The minimum absolute atomic E-state index is 0.0555. The summed E-state index contributed by atoms with van der Waals surface area (Å²) in [6.45, 7) is 0. The van der Waals surface area contributed by atoms with Crippen LogP contribution in [0.4, 0.5) is 21.5 Å². The molecule has 3 atom stereocenters. The van der Waals surface area contributed by atoms with Gasteiger partial charge in [0.25, 0.3) is 5.69 Å². The number of halogens is 1. The average Bonchev–Trinajstić information content (AvgIpc) is 3.07. The molecule has 198 valence electrons. The van der Waals surface area contributed by atoms with Gasteiger partial charge in [-0.3, -0.25) is 24.7 Å². The normalized spacial score (nSPS) is 20.3. The van der Waals surface area contributed by atoms with Gasteiger partial charge in [0.15, 0.2) is 0 Å². The third-order valence-electron chi connectivity index (χ3n) is 7.18. The van der Waals surface area contributed by atoms with Crippen LogP contribution in [0.5, 0.6) is 0 Å². The standard InChI is InChI=1S/C29H24FN3O6/c30-20-10-8-17(9-11-20)29-28-23(15-19(16-25(28)34)18-4-3-5-21(14-18)33(38)39)31-22-6-1-2-7-24(22)32(29)26(35)12-13-27(36)37/h1-11,14,19,28-29H,12-13,15-16H2,(H,36,37)/p-1/t19-,28?,29-/m1/s1. The molecular weight excluding hydrogens is 505 g/mol. The number of fused-ring (bicyclic) bond motifs is 2. The van der Waals surface area contributed by atoms with Crippen molar-refractivity contribution in [1.82, 2.24) is 0 Å². The quantitative estimate of drug-likeness (QED) is 0.348. The first-order valence-electron chi connectivity index (χ1n) is 12.4. The van der Waals surface area contributed by atoms with Gasteiger partial charge in [0.1, 0.15) is 11.6 Å². The van der Waals surface area contributed by atoms with E-state index >= 15 is 0 Å². The number of rotatable bonds is 6. The van der Waals surface area contributed by atoms with Crippen LogP contribution in [0.25, 0.3) is 0 Å². The number of hydrogen-bond acceptors (Lipinski definition) is 7. The highest BCUT2D eigenvalue weighted by Crippen LogP contribution is 2.47. The van der Waals surface area contributed by atoms with E-state index in [-0.39, 0.29) is 30.2 Å². The highest BCUT2D eigenvalue weighted by Gasteiger charge is 2.46. The number of carboxylic acid groups (broad SMARTS) is 1. The van der Waals surface area contributed by atoms with Crippen LogP contribution >= 0.6 is 0 Å². The van der Waals surface area contributed by atoms with Gasteiger partial charge in [0, 0.05) is 36.7 Å². The molecule has 1 saturated carbocycles. The van der Waals surface area contributed by atoms with Crippen molar-refractivity contribution in [1.29, 1.82) is 0 Å². The molecule has 0 aromatic heterocycles. The van der Waals surface area contributed by atoms with E-state index in [9.17, 15) is 34.0 Å². The minimum atomic E-state index is -1.38. The molecule has 0 bridgehead atoms. The highest BCUT2D eigenvalue weighted by atomic mass is 19.1. The summed E-state index contributed by atoms with van der Waals surface area (Å²) in [5.74, 6) is -3.88. The van der Waals surface area contributed by atoms with Crippen LogP contribution in [0.15, 0.2) is 77.8 Å². The predicted molar refractivity (Wildman–Crippen MR) is 138 cm³/mol. The second-order valence-corrected chi connectivity index (χ2v) is 9.63. The molecule has 1 heterocycles. The van der Waals surface area contributed by atoms with Crippen molar-refractivity contribution in [2.24, 2.45) is 10.9 Å². The maximum atomic E-state index is 13.9. The largest absolute Gasteiger partial charge is 0.550 e. The van der Waals surface area contributed by atoms with Crippen LogP contribution in [0.2, 0.25) is 0 Å². The van der Waals surface area contributed by atoms with Crippen LogP contribution in [0, 0.1) is 21.8 Å². The zero-order valence-corrected chi connectivity index (χ0v) is 20.7. The van der Waals surface area contributed by atoms with Crippen LogP contribution in [0.3, 0.4) is 0 Å². The first-order valence-corrected chi connectivity index (χ1v) is 12.4. The lowest BCUT2D eigenvalue weighted by molar-refractivity contribution is -0.384. The molecule has 3 aromatic carbocycles. The molecule has 0 N–H and O–H groups in total. The van der Waals surface area contributed by atoms with Crippen molar-refractivity contribution in [3.8, 4) is 0 Å². The van der Waals surface area contributed by atoms with Crippen molar-refractivity contribution >= 4 is 40.4 Å². The first-order chi connectivity index (χ1) is 18.7. The molecule has 3 aromatic rings. The summed E-state index contributed by atoms with van der Waals surface area (Å²) in [7, 11) is 0. The molecule has 1 unspecified atom stereocenters. The molecule has 2 aliphatic rings. The molecule has 0 spiro atoms. The Bertz CT molecular complexity index is 1500. The van der Waals surface area contributed by atoms with Crippen LogP contribution in [-0.2, 0) is 14.4 Å². The van der Waals surface area contributed by atoms with Crippen LogP contribution in [-0.4, -0.2) is 28.3 Å². The molecule has 1 aliphatic heterocycles. The predicted octanol–water partition coefficient (Wildman–Crippen LogP) is 4.19. The van der Waals surface area contributed by atoms with Gasteiger partial charge in [0.05, 0.1) is 28.3 Å². The number of nitro benzene ring substituents is 1. The molecule has 1 aliphatic carbocycles. The van der Waals surface area contributed by atoms with Crippen molar-refractivity contribution in [3.05, 3.63) is 99.9 Å². The lowest BCUT2D eigenvalue weighted by Gasteiger charge is -2.39. The van der Waals surface area contributed by atoms with E-state index in [0.29, 0.717) is 34.6 Å². The number of nitrogens with zero attached hydrogens (tertiary/aromatic N) is 3. The molecule has 0 radical (unpaired) electrons. The van der Waals surface area contributed by atoms with E-state index in [0.717, 1.165) is 0 Å². The molecule has 10 heteroatoms. The number of aliphatic carboxylic acids is 1. The van der Waals surface area contributed by atoms with Crippen LogP contribution < -0.4 is 10.0 Å². The summed E-state index contributed by atoms with van der Waals surface area (Å²) in [6.07, 6.45) is -0.500. The Morgan fingerprint density at radius 2 is 1.72 bits per heavy atom.